The van der Waals surface area contributed by atoms with Crippen LogP contribution in [-0.4, -0.2) is 19.4 Å². The summed E-state index contributed by atoms with van der Waals surface area (Å²) in [5.41, 5.74) is 0.728. The monoisotopic (exact) mass is 256 g/mol. The summed E-state index contributed by atoms with van der Waals surface area (Å²) in [6.45, 7) is 0. The minimum Gasteiger partial charge on any atom is -0.497 e. The molecule has 0 N–H and O–H groups in total. The maximum absolute atomic E-state index is 11.9. The van der Waals surface area contributed by atoms with Crippen molar-refractivity contribution in [3.8, 4) is 11.5 Å². The first-order valence-corrected chi connectivity index (χ1v) is 5.65. The molecular formula is C15H12O4. The molecule has 0 heterocycles. The van der Waals surface area contributed by atoms with Gasteiger partial charge in [-0.2, -0.15) is 0 Å². The van der Waals surface area contributed by atoms with Crippen LogP contribution in [0.3, 0.4) is 0 Å². The van der Waals surface area contributed by atoms with Gasteiger partial charge < -0.3 is 9.47 Å². The smallest absolute Gasteiger partial charge is 0.343 e. The van der Waals surface area contributed by atoms with Crippen molar-refractivity contribution in [2.24, 2.45) is 0 Å². The third-order valence-electron chi connectivity index (χ3n) is 2.57. The Balaban J connectivity index is 2.18. The van der Waals surface area contributed by atoms with Crippen molar-refractivity contribution in [3.63, 3.8) is 0 Å². The van der Waals surface area contributed by atoms with Crippen LogP contribution in [-0.2, 0) is 0 Å². The van der Waals surface area contributed by atoms with Crippen molar-refractivity contribution in [1.29, 1.82) is 0 Å². The molecule has 0 saturated heterocycles. The Kier molecular flexibility index (Phi) is 3.93. The number of methoxy groups -OCH3 is 1. The second-order valence-corrected chi connectivity index (χ2v) is 3.77. The molecule has 0 atom stereocenters. The van der Waals surface area contributed by atoms with Gasteiger partial charge >= 0.3 is 5.97 Å². The van der Waals surface area contributed by atoms with Gasteiger partial charge in [0.2, 0.25) is 0 Å². The molecule has 0 spiro atoms. The van der Waals surface area contributed by atoms with E-state index < -0.39 is 5.97 Å². The Hall–Kier alpha value is -2.62. The van der Waals surface area contributed by atoms with Gasteiger partial charge in [0.25, 0.3) is 0 Å². The van der Waals surface area contributed by atoms with E-state index in [-0.39, 0.29) is 5.75 Å². The van der Waals surface area contributed by atoms with E-state index >= 15 is 0 Å². The Morgan fingerprint density at radius 2 is 1.74 bits per heavy atom. The van der Waals surface area contributed by atoms with E-state index in [0.717, 1.165) is 0 Å². The Morgan fingerprint density at radius 1 is 1.05 bits per heavy atom. The highest BCUT2D eigenvalue weighted by atomic mass is 16.5. The van der Waals surface area contributed by atoms with Crippen molar-refractivity contribution in [3.05, 3.63) is 59.7 Å². The van der Waals surface area contributed by atoms with E-state index in [1.54, 1.807) is 55.6 Å². The molecule has 0 amide bonds. The highest BCUT2D eigenvalue weighted by molar-refractivity contribution is 5.92. The molecule has 0 fully saturated rings. The molecule has 0 bridgehead atoms. The van der Waals surface area contributed by atoms with Gasteiger partial charge in [0.15, 0.2) is 6.29 Å². The van der Waals surface area contributed by atoms with Gasteiger partial charge in [-0.05, 0) is 36.4 Å². The summed E-state index contributed by atoms with van der Waals surface area (Å²) in [6, 6.07) is 13.1. The lowest BCUT2D eigenvalue weighted by molar-refractivity contribution is 0.0733. The second-order valence-electron chi connectivity index (χ2n) is 3.77. The summed E-state index contributed by atoms with van der Waals surface area (Å²) < 4.78 is 10.2. The predicted octanol–water partition coefficient (Wildman–Crippen LogP) is 2.73. The number of ether oxygens (including phenoxy) is 2. The van der Waals surface area contributed by atoms with Crippen LogP contribution in [0.25, 0.3) is 0 Å². The van der Waals surface area contributed by atoms with E-state index in [9.17, 15) is 9.59 Å². The van der Waals surface area contributed by atoms with Gasteiger partial charge in [0.05, 0.1) is 18.2 Å². The van der Waals surface area contributed by atoms with E-state index in [0.29, 0.717) is 23.2 Å². The number of esters is 1. The van der Waals surface area contributed by atoms with Crippen molar-refractivity contribution in [1.82, 2.24) is 0 Å². The van der Waals surface area contributed by atoms with Crippen LogP contribution in [0.1, 0.15) is 20.7 Å². The van der Waals surface area contributed by atoms with Crippen LogP contribution in [0.2, 0.25) is 0 Å². The summed E-state index contributed by atoms with van der Waals surface area (Å²) in [5.74, 6) is 0.389. The summed E-state index contributed by atoms with van der Waals surface area (Å²) in [5, 5.41) is 0. The number of para-hydroxylation sites is 1. The fourth-order valence-electron chi connectivity index (χ4n) is 1.56. The van der Waals surface area contributed by atoms with Gasteiger partial charge in [-0.1, -0.05) is 12.1 Å². The number of rotatable bonds is 4. The molecule has 19 heavy (non-hydrogen) atoms. The Morgan fingerprint density at radius 3 is 2.37 bits per heavy atom. The third kappa shape index (κ3) is 2.98. The van der Waals surface area contributed by atoms with Gasteiger partial charge in [0, 0.05) is 0 Å². The Labute approximate surface area is 110 Å². The second kappa shape index (κ2) is 5.82. The standard InChI is InChI=1S/C15H12O4/c1-18-13-8-6-11(7-9-13)15(17)19-14-5-3-2-4-12(14)10-16/h2-10H,1H3. The maximum atomic E-state index is 11.9. The Bertz CT molecular complexity index is 587. The minimum atomic E-state index is -0.517. The van der Waals surface area contributed by atoms with E-state index in [2.05, 4.69) is 0 Å². The molecule has 0 aliphatic heterocycles. The highest BCUT2D eigenvalue weighted by Crippen LogP contribution is 2.18. The van der Waals surface area contributed by atoms with Gasteiger partial charge in [-0.3, -0.25) is 4.79 Å². The van der Waals surface area contributed by atoms with Crippen molar-refractivity contribution < 1.29 is 19.1 Å². The van der Waals surface area contributed by atoms with E-state index in [1.807, 2.05) is 0 Å². The lowest BCUT2D eigenvalue weighted by Crippen LogP contribution is -2.09. The fourth-order valence-corrected chi connectivity index (χ4v) is 1.56. The molecule has 96 valence electrons. The molecule has 0 aliphatic carbocycles. The van der Waals surface area contributed by atoms with E-state index in [4.69, 9.17) is 9.47 Å². The summed E-state index contributed by atoms with van der Waals surface area (Å²) in [4.78, 5) is 22.7. The van der Waals surface area contributed by atoms with Gasteiger partial charge in [-0.25, -0.2) is 4.79 Å². The number of aldehydes is 1. The SMILES string of the molecule is COc1ccc(C(=O)Oc2ccccc2C=O)cc1. The van der Waals surface area contributed by atoms with Crippen LogP contribution in [0, 0.1) is 0 Å². The van der Waals surface area contributed by atoms with Crippen LogP contribution in [0.15, 0.2) is 48.5 Å². The van der Waals surface area contributed by atoms with Crippen LogP contribution in [0.5, 0.6) is 11.5 Å². The largest absolute Gasteiger partial charge is 0.497 e. The number of benzene rings is 2. The molecule has 2 rings (SSSR count). The number of hydrogen-bond donors (Lipinski definition) is 0. The molecule has 0 unspecified atom stereocenters. The quantitative estimate of drug-likeness (QED) is 0.479. The first-order chi connectivity index (χ1) is 9.24. The normalized spacial score (nSPS) is 9.74. The van der Waals surface area contributed by atoms with Crippen LogP contribution in [0.4, 0.5) is 0 Å². The fraction of sp³-hybridized carbons (Fsp3) is 0.0667. The minimum absolute atomic E-state index is 0.248. The molecule has 0 radical (unpaired) electrons. The summed E-state index contributed by atoms with van der Waals surface area (Å²) in [7, 11) is 1.55. The van der Waals surface area contributed by atoms with Crippen molar-refractivity contribution in [2.45, 2.75) is 0 Å². The molecular weight excluding hydrogens is 244 g/mol. The van der Waals surface area contributed by atoms with Gasteiger partial charge in [-0.15, -0.1) is 0 Å². The zero-order valence-corrected chi connectivity index (χ0v) is 10.3. The molecule has 0 aliphatic rings. The maximum Gasteiger partial charge on any atom is 0.343 e. The molecule has 2 aromatic carbocycles. The van der Waals surface area contributed by atoms with Crippen LogP contribution >= 0.6 is 0 Å². The molecule has 0 aromatic heterocycles. The average molecular weight is 256 g/mol. The number of carbonyl (C=O) groups is 2. The zero-order chi connectivity index (χ0) is 13.7. The molecule has 4 nitrogen and oxygen atoms in total. The molecule has 4 heteroatoms. The first kappa shape index (κ1) is 12.8. The van der Waals surface area contributed by atoms with Gasteiger partial charge in [0.1, 0.15) is 11.5 Å². The average Bonchev–Trinajstić information content (AvgIpc) is 2.48. The molecule has 2 aromatic rings. The summed E-state index contributed by atoms with van der Waals surface area (Å²) in [6.07, 6.45) is 0.649. The van der Waals surface area contributed by atoms with Crippen molar-refractivity contribution in [2.75, 3.05) is 7.11 Å². The third-order valence-corrected chi connectivity index (χ3v) is 2.57. The van der Waals surface area contributed by atoms with Crippen molar-refractivity contribution >= 4 is 12.3 Å². The number of hydrogen-bond acceptors (Lipinski definition) is 4. The van der Waals surface area contributed by atoms with Crippen LogP contribution < -0.4 is 9.47 Å². The summed E-state index contributed by atoms with van der Waals surface area (Å²) >= 11 is 0. The zero-order valence-electron chi connectivity index (χ0n) is 10.3. The number of carbonyl (C=O) groups excluding carboxylic acids is 2. The molecule has 0 saturated carbocycles. The lowest BCUT2D eigenvalue weighted by atomic mass is 10.2. The topological polar surface area (TPSA) is 52.6 Å². The van der Waals surface area contributed by atoms with E-state index in [1.165, 1.54) is 0 Å². The first-order valence-electron chi connectivity index (χ1n) is 5.65. The lowest BCUT2D eigenvalue weighted by Gasteiger charge is -2.06. The predicted molar refractivity (Wildman–Crippen MR) is 69.8 cm³/mol. The highest BCUT2D eigenvalue weighted by Gasteiger charge is 2.11.